The van der Waals surface area contributed by atoms with Gasteiger partial charge in [-0.2, -0.15) is 0 Å². The molecule has 1 atom stereocenters. The second-order valence-corrected chi connectivity index (χ2v) is 4.34. The van der Waals surface area contributed by atoms with Crippen LogP contribution in [-0.4, -0.2) is 48.7 Å². The van der Waals surface area contributed by atoms with Crippen LogP contribution in [0.3, 0.4) is 0 Å². The van der Waals surface area contributed by atoms with Gasteiger partial charge in [-0.15, -0.1) is 17.0 Å². The van der Waals surface area contributed by atoms with Gasteiger partial charge in [-0.1, -0.05) is 13.8 Å². The minimum Gasteiger partial charge on any atom is -0.379 e. The molecule has 5 heteroatoms. The second kappa shape index (κ2) is 8.13. The fourth-order valence-corrected chi connectivity index (χ4v) is 2.29. The summed E-state index contributed by atoms with van der Waals surface area (Å²) >= 11 is 0. The van der Waals surface area contributed by atoms with Crippen LogP contribution in [-0.2, 0) is 4.74 Å². The first kappa shape index (κ1) is 13.8. The number of hydrogen-bond donors (Lipinski definition) is 0. The summed E-state index contributed by atoms with van der Waals surface area (Å²) in [6.45, 7) is 10.8. The standard InChI is InChI=1S/C8H19N2OP.BrH/c1-3-9(4-2)12-10-5-7-11-8-6-10;/h12H,3-8H2,1-2H3;1H. The molecule has 1 heterocycles. The molecule has 1 saturated heterocycles. The van der Waals surface area contributed by atoms with Gasteiger partial charge in [-0.25, -0.2) is 0 Å². The molecule has 0 radical (unpaired) electrons. The molecule has 80 valence electrons. The minimum absolute atomic E-state index is 0. The maximum absolute atomic E-state index is 5.29. The maximum atomic E-state index is 5.29. The van der Waals surface area contributed by atoms with E-state index in [4.69, 9.17) is 4.74 Å². The van der Waals surface area contributed by atoms with Crippen LogP contribution >= 0.6 is 25.9 Å². The Bertz CT molecular complexity index is 119. The molecule has 0 spiro atoms. The Morgan fingerprint density at radius 1 is 1.23 bits per heavy atom. The highest BCUT2D eigenvalue weighted by Gasteiger charge is 2.12. The number of nitrogens with zero attached hydrogens (tertiary/aromatic N) is 2. The van der Waals surface area contributed by atoms with Crippen molar-refractivity contribution in [2.75, 3.05) is 39.4 Å². The Balaban J connectivity index is 0.00000144. The van der Waals surface area contributed by atoms with Crippen LogP contribution in [0, 0.1) is 0 Å². The van der Waals surface area contributed by atoms with Crippen molar-refractivity contribution in [1.29, 1.82) is 0 Å². The molecular formula is C8H20BrN2OP. The number of rotatable bonds is 4. The highest BCUT2D eigenvalue weighted by atomic mass is 79.9. The summed E-state index contributed by atoms with van der Waals surface area (Å²) in [7, 11) is 0.859. The van der Waals surface area contributed by atoms with Gasteiger partial charge in [-0.3, -0.25) is 9.34 Å². The average molecular weight is 271 g/mol. The van der Waals surface area contributed by atoms with Crippen LogP contribution in [0.15, 0.2) is 0 Å². The molecule has 0 N–H and O–H groups in total. The first-order valence-electron chi connectivity index (χ1n) is 4.70. The average Bonchev–Trinajstić information content (AvgIpc) is 2.16. The number of halogens is 1. The van der Waals surface area contributed by atoms with Gasteiger partial charge in [0.05, 0.1) is 13.2 Å². The van der Waals surface area contributed by atoms with E-state index in [1.807, 2.05) is 0 Å². The van der Waals surface area contributed by atoms with Gasteiger partial charge in [0.15, 0.2) is 0 Å². The Morgan fingerprint density at radius 2 is 1.77 bits per heavy atom. The second-order valence-electron chi connectivity index (χ2n) is 2.87. The van der Waals surface area contributed by atoms with Crippen molar-refractivity contribution in [3.63, 3.8) is 0 Å². The molecule has 1 aliphatic heterocycles. The summed E-state index contributed by atoms with van der Waals surface area (Å²) < 4.78 is 10.2. The summed E-state index contributed by atoms with van der Waals surface area (Å²) in [5, 5.41) is 0. The lowest BCUT2D eigenvalue weighted by atomic mass is 10.5. The van der Waals surface area contributed by atoms with Gasteiger partial charge < -0.3 is 4.74 Å². The van der Waals surface area contributed by atoms with E-state index >= 15 is 0 Å². The lowest BCUT2D eigenvalue weighted by Crippen LogP contribution is -2.33. The monoisotopic (exact) mass is 270 g/mol. The minimum atomic E-state index is 0. The first-order chi connectivity index (χ1) is 5.86. The van der Waals surface area contributed by atoms with Crippen molar-refractivity contribution >= 4 is 25.9 Å². The zero-order chi connectivity index (χ0) is 8.81. The third-order valence-corrected chi connectivity index (χ3v) is 3.70. The molecule has 1 unspecified atom stereocenters. The van der Waals surface area contributed by atoms with Crippen LogP contribution in [0.4, 0.5) is 0 Å². The molecule has 0 amide bonds. The van der Waals surface area contributed by atoms with Crippen LogP contribution in [0.1, 0.15) is 13.8 Å². The number of hydrogen-bond acceptors (Lipinski definition) is 3. The predicted octanol–water partition coefficient (Wildman–Crippen LogP) is 1.75. The van der Waals surface area contributed by atoms with Crippen molar-refractivity contribution in [2.45, 2.75) is 13.8 Å². The highest BCUT2D eigenvalue weighted by molar-refractivity contribution is 8.93. The third-order valence-electron chi connectivity index (χ3n) is 2.06. The third kappa shape index (κ3) is 5.28. The molecule has 0 saturated carbocycles. The zero-order valence-corrected chi connectivity index (χ0v) is 11.2. The fraction of sp³-hybridized carbons (Fsp3) is 1.00. The van der Waals surface area contributed by atoms with E-state index in [2.05, 4.69) is 23.2 Å². The van der Waals surface area contributed by atoms with Crippen molar-refractivity contribution in [1.82, 2.24) is 9.34 Å². The lowest BCUT2D eigenvalue weighted by molar-refractivity contribution is 0.0740. The Morgan fingerprint density at radius 3 is 2.23 bits per heavy atom. The molecule has 0 aromatic carbocycles. The van der Waals surface area contributed by atoms with Gasteiger partial charge in [0.2, 0.25) is 0 Å². The number of morpholine rings is 1. The van der Waals surface area contributed by atoms with E-state index in [9.17, 15) is 0 Å². The first-order valence-corrected chi connectivity index (χ1v) is 5.60. The summed E-state index contributed by atoms with van der Waals surface area (Å²) in [5.74, 6) is 0. The quantitative estimate of drug-likeness (QED) is 0.724. The molecule has 0 aliphatic carbocycles. The van der Waals surface area contributed by atoms with Crippen molar-refractivity contribution < 1.29 is 4.74 Å². The number of ether oxygens (including phenoxy) is 1. The molecule has 0 bridgehead atoms. The Hall–Kier alpha value is 0.790. The van der Waals surface area contributed by atoms with E-state index < -0.39 is 0 Å². The topological polar surface area (TPSA) is 15.7 Å². The van der Waals surface area contributed by atoms with Crippen LogP contribution in [0.2, 0.25) is 0 Å². The Kier molecular flexibility index (Phi) is 8.62. The summed E-state index contributed by atoms with van der Waals surface area (Å²) in [4.78, 5) is 0. The molecule has 0 aromatic heterocycles. The van der Waals surface area contributed by atoms with E-state index in [1.54, 1.807) is 0 Å². The summed E-state index contributed by atoms with van der Waals surface area (Å²) in [5.41, 5.74) is 0. The normalized spacial score (nSPS) is 19.6. The van der Waals surface area contributed by atoms with Gasteiger partial charge in [-0.05, 0) is 0 Å². The summed E-state index contributed by atoms with van der Waals surface area (Å²) in [6.07, 6.45) is 0. The van der Waals surface area contributed by atoms with E-state index in [-0.39, 0.29) is 17.0 Å². The molecule has 1 rings (SSSR count). The highest BCUT2D eigenvalue weighted by Crippen LogP contribution is 2.23. The van der Waals surface area contributed by atoms with Gasteiger partial charge in [0.25, 0.3) is 0 Å². The van der Waals surface area contributed by atoms with E-state index in [0.29, 0.717) is 0 Å². The zero-order valence-electron chi connectivity index (χ0n) is 8.45. The molecule has 0 aromatic rings. The van der Waals surface area contributed by atoms with Crippen molar-refractivity contribution in [3.8, 4) is 0 Å². The van der Waals surface area contributed by atoms with Crippen LogP contribution < -0.4 is 0 Å². The molecule has 3 nitrogen and oxygen atoms in total. The fourth-order valence-electron chi connectivity index (χ4n) is 1.23. The predicted molar refractivity (Wildman–Crippen MR) is 64.0 cm³/mol. The van der Waals surface area contributed by atoms with Crippen molar-refractivity contribution in [3.05, 3.63) is 0 Å². The smallest absolute Gasteiger partial charge is 0.0597 e. The Labute approximate surface area is 93.5 Å². The largest absolute Gasteiger partial charge is 0.379 e. The van der Waals surface area contributed by atoms with E-state index in [0.717, 1.165) is 48.3 Å². The molecule has 1 aliphatic rings. The van der Waals surface area contributed by atoms with Crippen molar-refractivity contribution in [2.24, 2.45) is 0 Å². The van der Waals surface area contributed by atoms with E-state index in [1.165, 1.54) is 0 Å². The van der Waals surface area contributed by atoms with Gasteiger partial charge in [0.1, 0.15) is 0 Å². The molecular weight excluding hydrogens is 251 g/mol. The van der Waals surface area contributed by atoms with Gasteiger partial charge in [0, 0.05) is 35.1 Å². The summed E-state index contributed by atoms with van der Waals surface area (Å²) in [6, 6.07) is 0. The SMILES string of the molecule is Br.CCN(CC)PN1CCOCC1. The van der Waals surface area contributed by atoms with Crippen LogP contribution in [0.25, 0.3) is 0 Å². The maximum Gasteiger partial charge on any atom is 0.0597 e. The van der Waals surface area contributed by atoms with Gasteiger partial charge >= 0.3 is 0 Å². The molecule has 13 heavy (non-hydrogen) atoms. The lowest BCUT2D eigenvalue weighted by Gasteiger charge is -2.31. The molecule has 1 fully saturated rings. The van der Waals surface area contributed by atoms with Crippen LogP contribution in [0.5, 0.6) is 0 Å².